The fourth-order valence-corrected chi connectivity index (χ4v) is 2.37. The summed E-state index contributed by atoms with van der Waals surface area (Å²) in [5.41, 5.74) is -1.53. The van der Waals surface area contributed by atoms with Crippen LogP contribution in [0.15, 0.2) is 15.8 Å². The quantitative estimate of drug-likeness (QED) is 0.437. The van der Waals surface area contributed by atoms with Gasteiger partial charge < -0.3 is 14.9 Å². The van der Waals surface area contributed by atoms with Crippen molar-refractivity contribution in [2.24, 2.45) is 0 Å². The monoisotopic (exact) mass is 301 g/mol. The summed E-state index contributed by atoms with van der Waals surface area (Å²) >= 11 is 6.26. The van der Waals surface area contributed by atoms with E-state index in [1.165, 1.54) is 6.92 Å². The van der Waals surface area contributed by atoms with E-state index < -0.39 is 41.2 Å². The number of hydrogen-bond acceptors (Lipinski definition) is 6. The van der Waals surface area contributed by atoms with Crippen LogP contribution in [0.25, 0.3) is 0 Å². The summed E-state index contributed by atoms with van der Waals surface area (Å²) < 4.78 is 6.12. The van der Waals surface area contributed by atoms with Gasteiger partial charge in [-0.1, -0.05) is 17.5 Å². The van der Waals surface area contributed by atoms with Crippen LogP contribution in [-0.2, 0) is 4.74 Å². The number of aliphatic hydroxyl groups excluding tert-OH is 2. The molecule has 3 N–H and O–H groups in total. The first kappa shape index (κ1) is 14.7. The molecule has 8 nitrogen and oxygen atoms in total. The van der Waals surface area contributed by atoms with Crippen LogP contribution in [-0.4, -0.2) is 48.7 Å². The van der Waals surface area contributed by atoms with Gasteiger partial charge in [-0.15, -0.1) is 5.92 Å². The van der Waals surface area contributed by atoms with Crippen molar-refractivity contribution in [2.45, 2.75) is 30.2 Å². The molecule has 0 aromatic carbocycles. The molecule has 108 valence electrons. The fourth-order valence-electron chi connectivity index (χ4n) is 1.99. The Bertz CT molecular complexity index is 675. The maximum absolute atomic E-state index is 11.7. The van der Waals surface area contributed by atoms with E-state index in [-0.39, 0.29) is 0 Å². The lowest BCUT2D eigenvalue weighted by Gasteiger charge is -2.24. The van der Waals surface area contributed by atoms with Crippen molar-refractivity contribution < 1.29 is 14.9 Å². The Morgan fingerprint density at radius 2 is 2.35 bits per heavy atom. The van der Waals surface area contributed by atoms with E-state index >= 15 is 0 Å². The molecular formula is C11H12ClN3O5. The Morgan fingerprint density at radius 3 is 2.90 bits per heavy atom. The van der Waals surface area contributed by atoms with E-state index in [9.17, 15) is 14.7 Å². The molecule has 1 aliphatic rings. The van der Waals surface area contributed by atoms with Crippen LogP contribution < -0.4 is 11.2 Å². The topological polar surface area (TPSA) is 117 Å². The third kappa shape index (κ3) is 2.25. The van der Waals surface area contributed by atoms with Gasteiger partial charge in [0.15, 0.2) is 11.1 Å². The first-order chi connectivity index (χ1) is 9.43. The van der Waals surface area contributed by atoms with Crippen molar-refractivity contribution in [3.63, 3.8) is 0 Å². The highest BCUT2D eigenvalue weighted by Gasteiger charge is 2.56. The van der Waals surface area contributed by atoms with Crippen molar-refractivity contribution in [3.8, 4) is 11.8 Å². The zero-order valence-corrected chi connectivity index (χ0v) is 11.2. The van der Waals surface area contributed by atoms with Crippen molar-refractivity contribution in [3.05, 3.63) is 27.0 Å². The molecule has 4 atom stereocenters. The van der Waals surface area contributed by atoms with E-state index in [0.29, 0.717) is 0 Å². The van der Waals surface area contributed by atoms with Gasteiger partial charge in [0.05, 0.1) is 6.61 Å². The van der Waals surface area contributed by atoms with Crippen molar-refractivity contribution in [1.29, 1.82) is 0 Å². The SMILES string of the molecule is CC#CC1(Cl)C(O)C(CO)OC1n1ncc(=O)[nH]c1=O. The molecule has 1 fully saturated rings. The van der Waals surface area contributed by atoms with Crippen LogP contribution in [0.5, 0.6) is 0 Å². The average Bonchev–Trinajstić information content (AvgIpc) is 2.63. The summed E-state index contributed by atoms with van der Waals surface area (Å²) in [4.78, 5) is 23.1. The summed E-state index contributed by atoms with van der Waals surface area (Å²) in [5.74, 6) is 5.10. The van der Waals surface area contributed by atoms with E-state index in [1.54, 1.807) is 0 Å². The summed E-state index contributed by atoms with van der Waals surface area (Å²) in [7, 11) is 0. The minimum atomic E-state index is -1.66. The highest BCUT2D eigenvalue weighted by atomic mass is 35.5. The number of H-pyrrole nitrogens is 1. The Balaban J connectivity index is 2.55. The summed E-state index contributed by atoms with van der Waals surface area (Å²) in [6, 6.07) is 0. The molecule has 1 aromatic rings. The minimum absolute atomic E-state index is 0.504. The number of nitrogens with one attached hydrogen (secondary N) is 1. The third-order valence-corrected chi connectivity index (χ3v) is 3.41. The molecule has 20 heavy (non-hydrogen) atoms. The summed E-state index contributed by atoms with van der Waals surface area (Å²) in [6.45, 7) is 0.999. The second-order valence-electron chi connectivity index (χ2n) is 4.18. The van der Waals surface area contributed by atoms with Gasteiger partial charge in [-0.2, -0.15) is 9.78 Å². The number of hydrogen-bond donors (Lipinski definition) is 3. The van der Waals surface area contributed by atoms with E-state index in [0.717, 1.165) is 10.9 Å². The lowest BCUT2D eigenvalue weighted by atomic mass is 9.99. The van der Waals surface area contributed by atoms with Crippen LogP contribution in [0.3, 0.4) is 0 Å². The molecule has 0 saturated carbocycles. The molecule has 2 heterocycles. The minimum Gasteiger partial charge on any atom is -0.394 e. The van der Waals surface area contributed by atoms with Gasteiger partial charge in [0.2, 0.25) is 0 Å². The number of ether oxygens (including phenoxy) is 1. The van der Waals surface area contributed by atoms with Gasteiger partial charge in [-0.25, -0.2) is 4.79 Å². The molecule has 0 bridgehead atoms. The molecular weight excluding hydrogens is 290 g/mol. The molecule has 1 aliphatic heterocycles. The van der Waals surface area contributed by atoms with Crippen molar-refractivity contribution >= 4 is 11.6 Å². The summed E-state index contributed by atoms with van der Waals surface area (Å²) in [6.07, 6.45) is -2.71. The predicted octanol–water partition coefficient (Wildman–Crippen LogP) is -1.82. The highest BCUT2D eigenvalue weighted by Crippen LogP contribution is 2.42. The third-order valence-electron chi connectivity index (χ3n) is 2.90. The molecule has 0 spiro atoms. The second kappa shape index (κ2) is 5.38. The van der Waals surface area contributed by atoms with Crippen LogP contribution >= 0.6 is 11.6 Å². The van der Waals surface area contributed by atoms with Gasteiger partial charge >= 0.3 is 5.69 Å². The first-order valence-corrected chi connectivity index (χ1v) is 6.07. The Morgan fingerprint density at radius 1 is 1.65 bits per heavy atom. The number of rotatable bonds is 2. The maximum atomic E-state index is 11.7. The van der Waals surface area contributed by atoms with Crippen molar-refractivity contribution in [2.75, 3.05) is 6.61 Å². The molecule has 4 unspecified atom stereocenters. The van der Waals surface area contributed by atoms with Crippen LogP contribution in [0.4, 0.5) is 0 Å². The Labute approximate surface area is 118 Å². The number of aliphatic hydroxyl groups is 2. The Kier molecular flexibility index (Phi) is 3.96. The molecule has 1 saturated heterocycles. The lowest BCUT2D eigenvalue weighted by Crippen LogP contribution is -2.45. The molecule has 0 amide bonds. The molecule has 1 aromatic heterocycles. The van der Waals surface area contributed by atoms with Gasteiger partial charge in [-0.05, 0) is 6.92 Å². The number of alkyl halides is 1. The van der Waals surface area contributed by atoms with E-state index in [4.69, 9.17) is 21.4 Å². The predicted molar refractivity (Wildman–Crippen MR) is 68.2 cm³/mol. The van der Waals surface area contributed by atoms with Gasteiger partial charge in [0.25, 0.3) is 5.56 Å². The molecule has 0 aliphatic carbocycles. The standard InChI is InChI=1S/C11H12ClN3O5/c1-2-3-11(12)8(18)6(5-16)20-9(11)15-10(19)14-7(17)4-13-15/h4,6,8-9,16,18H,5H2,1H3,(H,14,17,19). The zero-order valence-electron chi connectivity index (χ0n) is 10.4. The maximum Gasteiger partial charge on any atom is 0.347 e. The Hall–Kier alpha value is -1.66. The lowest BCUT2D eigenvalue weighted by molar-refractivity contribution is -0.0514. The number of aromatic nitrogens is 3. The van der Waals surface area contributed by atoms with Gasteiger partial charge in [0.1, 0.15) is 18.4 Å². The highest BCUT2D eigenvalue weighted by molar-refractivity contribution is 6.27. The van der Waals surface area contributed by atoms with E-state index in [2.05, 4.69) is 16.9 Å². The molecule has 0 radical (unpaired) electrons. The van der Waals surface area contributed by atoms with E-state index in [1.807, 2.05) is 4.98 Å². The van der Waals surface area contributed by atoms with Crippen LogP contribution in [0.1, 0.15) is 13.2 Å². The van der Waals surface area contributed by atoms with Crippen LogP contribution in [0, 0.1) is 11.8 Å². The zero-order chi connectivity index (χ0) is 14.9. The second-order valence-corrected chi connectivity index (χ2v) is 4.81. The molecule has 9 heteroatoms. The normalized spacial score (nSPS) is 32.7. The van der Waals surface area contributed by atoms with Crippen LogP contribution in [0.2, 0.25) is 0 Å². The van der Waals surface area contributed by atoms with Crippen molar-refractivity contribution in [1.82, 2.24) is 14.8 Å². The first-order valence-electron chi connectivity index (χ1n) is 5.69. The number of aromatic amines is 1. The summed E-state index contributed by atoms with van der Waals surface area (Å²) in [5, 5.41) is 22.9. The molecule has 2 rings (SSSR count). The van der Waals surface area contributed by atoms with Gasteiger partial charge in [0, 0.05) is 0 Å². The largest absolute Gasteiger partial charge is 0.394 e. The number of halogens is 1. The average molecular weight is 302 g/mol. The number of nitrogens with zero attached hydrogens (tertiary/aromatic N) is 2. The fraction of sp³-hybridized carbons (Fsp3) is 0.545. The van der Waals surface area contributed by atoms with Gasteiger partial charge in [-0.3, -0.25) is 9.78 Å². The smallest absolute Gasteiger partial charge is 0.347 e.